The molecule has 2 aromatic rings. The van der Waals surface area contributed by atoms with Crippen LogP contribution in [0.15, 0.2) is 40.9 Å². The zero-order valence-corrected chi connectivity index (χ0v) is 12.6. The van der Waals surface area contributed by atoms with Crippen LogP contribution in [-0.2, 0) is 6.42 Å². The molecule has 0 unspecified atom stereocenters. The molecule has 1 aliphatic heterocycles. The lowest BCUT2D eigenvalue weighted by atomic mass is 10.1. The van der Waals surface area contributed by atoms with E-state index < -0.39 is 0 Å². The molecule has 2 aromatic carbocycles. The van der Waals surface area contributed by atoms with Crippen molar-refractivity contribution >= 4 is 27.5 Å². The Bertz CT molecular complexity index is 699. The first kappa shape index (κ1) is 13.3. The molecule has 102 valence electrons. The highest BCUT2D eigenvalue weighted by atomic mass is 79.9. The number of amides is 1. The highest BCUT2D eigenvalue weighted by molar-refractivity contribution is 9.10. The molecule has 1 aliphatic rings. The van der Waals surface area contributed by atoms with Gasteiger partial charge in [0.2, 0.25) is 0 Å². The Morgan fingerprint density at radius 2 is 2.10 bits per heavy atom. The molecule has 0 fully saturated rings. The quantitative estimate of drug-likeness (QED) is 0.769. The third kappa shape index (κ3) is 2.14. The fourth-order valence-corrected chi connectivity index (χ4v) is 2.96. The second-order valence-corrected chi connectivity index (χ2v) is 5.71. The first-order valence-electron chi connectivity index (χ1n) is 6.43. The van der Waals surface area contributed by atoms with E-state index in [2.05, 4.69) is 15.9 Å². The third-order valence-corrected chi connectivity index (χ3v) is 4.66. The SMILES string of the molecule is Cc1cccc(C(=O)N2CCc3ccc(F)cc32)c1Br. The lowest BCUT2D eigenvalue weighted by molar-refractivity contribution is 0.0988. The Hall–Kier alpha value is -1.68. The summed E-state index contributed by atoms with van der Waals surface area (Å²) < 4.78 is 14.2. The smallest absolute Gasteiger partial charge is 0.259 e. The van der Waals surface area contributed by atoms with Crippen molar-refractivity contribution in [1.29, 1.82) is 0 Å². The topological polar surface area (TPSA) is 20.3 Å². The Labute approximate surface area is 125 Å². The van der Waals surface area contributed by atoms with Crippen LogP contribution in [0.25, 0.3) is 0 Å². The predicted octanol–water partition coefficient (Wildman–Crippen LogP) is 4.10. The molecule has 0 atom stereocenters. The lowest BCUT2D eigenvalue weighted by Gasteiger charge is -2.18. The van der Waals surface area contributed by atoms with Gasteiger partial charge in [0.25, 0.3) is 5.91 Å². The van der Waals surface area contributed by atoms with Gasteiger partial charge in [-0.3, -0.25) is 4.79 Å². The van der Waals surface area contributed by atoms with E-state index >= 15 is 0 Å². The largest absolute Gasteiger partial charge is 0.308 e. The van der Waals surface area contributed by atoms with Crippen LogP contribution in [0.3, 0.4) is 0 Å². The Kier molecular flexibility index (Phi) is 3.34. The molecule has 0 aromatic heterocycles. The maximum absolute atomic E-state index is 13.4. The average molecular weight is 334 g/mol. The number of nitrogens with zero attached hydrogens (tertiary/aromatic N) is 1. The van der Waals surface area contributed by atoms with Gasteiger partial charge in [-0.15, -0.1) is 0 Å². The van der Waals surface area contributed by atoms with Gasteiger partial charge in [-0.1, -0.05) is 18.2 Å². The summed E-state index contributed by atoms with van der Waals surface area (Å²) in [6.07, 6.45) is 0.769. The summed E-state index contributed by atoms with van der Waals surface area (Å²) in [5, 5.41) is 0. The first-order chi connectivity index (χ1) is 9.58. The number of halogens is 2. The summed E-state index contributed by atoms with van der Waals surface area (Å²) in [6, 6.07) is 10.2. The summed E-state index contributed by atoms with van der Waals surface area (Å²) in [5.74, 6) is -0.406. The van der Waals surface area contributed by atoms with Crippen molar-refractivity contribution in [2.24, 2.45) is 0 Å². The monoisotopic (exact) mass is 333 g/mol. The van der Waals surface area contributed by atoms with Crippen LogP contribution in [0.2, 0.25) is 0 Å². The number of aryl methyl sites for hydroxylation is 1. The van der Waals surface area contributed by atoms with Gasteiger partial charge < -0.3 is 4.90 Å². The summed E-state index contributed by atoms with van der Waals surface area (Å²) >= 11 is 3.46. The van der Waals surface area contributed by atoms with Gasteiger partial charge in [0, 0.05) is 11.0 Å². The highest BCUT2D eigenvalue weighted by Crippen LogP contribution is 2.32. The van der Waals surface area contributed by atoms with Crippen molar-refractivity contribution in [3.05, 3.63) is 63.4 Å². The number of anilines is 1. The molecular formula is C16H13BrFNO. The normalized spacial score (nSPS) is 13.4. The number of benzene rings is 2. The van der Waals surface area contributed by atoms with E-state index in [-0.39, 0.29) is 11.7 Å². The summed E-state index contributed by atoms with van der Waals surface area (Å²) in [4.78, 5) is 14.3. The van der Waals surface area contributed by atoms with Gasteiger partial charge in [0.05, 0.1) is 11.3 Å². The molecule has 0 aliphatic carbocycles. The van der Waals surface area contributed by atoms with Gasteiger partial charge in [0.15, 0.2) is 0 Å². The van der Waals surface area contributed by atoms with Crippen LogP contribution in [0.1, 0.15) is 21.5 Å². The minimum atomic E-state index is -0.313. The number of hydrogen-bond donors (Lipinski definition) is 0. The van der Waals surface area contributed by atoms with E-state index in [4.69, 9.17) is 0 Å². The molecule has 0 radical (unpaired) electrons. The molecular weight excluding hydrogens is 321 g/mol. The molecule has 3 rings (SSSR count). The minimum absolute atomic E-state index is 0.0927. The van der Waals surface area contributed by atoms with Crippen molar-refractivity contribution < 1.29 is 9.18 Å². The fourth-order valence-electron chi connectivity index (χ4n) is 2.52. The van der Waals surface area contributed by atoms with E-state index in [0.29, 0.717) is 17.8 Å². The molecule has 2 nitrogen and oxygen atoms in total. The van der Waals surface area contributed by atoms with Crippen LogP contribution in [0.4, 0.5) is 10.1 Å². The number of fused-ring (bicyclic) bond motifs is 1. The second kappa shape index (κ2) is 5.02. The van der Waals surface area contributed by atoms with E-state index in [9.17, 15) is 9.18 Å². The van der Waals surface area contributed by atoms with Crippen molar-refractivity contribution in [2.75, 3.05) is 11.4 Å². The molecule has 1 heterocycles. The summed E-state index contributed by atoms with van der Waals surface area (Å²) in [6.45, 7) is 2.54. The van der Waals surface area contributed by atoms with E-state index in [0.717, 1.165) is 22.0 Å². The van der Waals surface area contributed by atoms with E-state index in [1.807, 2.05) is 19.1 Å². The molecule has 0 bridgehead atoms. The molecule has 0 saturated carbocycles. The maximum atomic E-state index is 13.4. The molecule has 0 spiro atoms. The highest BCUT2D eigenvalue weighted by Gasteiger charge is 2.27. The average Bonchev–Trinajstić information content (AvgIpc) is 2.84. The van der Waals surface area contributed by atoms with Gasteiger partial charge in [-0.05, 0) is 58.6 Å². The number of carbonyl (C=O) groups excluding carboxylic acids is 1. The standard InChI is InChI=1S/C16H13BrFNO/c1-10-3-2-4-13(15(10)17)16(20)19-8-7-11-5-6-12(18)9-14(11)19/h2-6,9H,7-8H2,1H3. The number of carbonyl (C=O) groups is 1. The van der Waals surface area contributed by atoms with Crippen molar-refractivity contribution in [3.8, 4) is 0 Å². The Morgan fingerprint density at radius 3 is 2.90 bits per heavy atom. The predicted molar refractivity (Wildman–Crippen MR) is 80.7 cm³/mol. The number of hydrogen-bond acceptors (Lipinski definition) is 1. The van der Waals surface area contributed by atoms with Crippen LogP contribution in [0.5, 0.6) is 0 Å². The zero-order valence-electron chi connectivity index (χ0n) is 11.0. The van der Waals surface area contributed by atoms with Gasteiger partial charge in [-0.2, -0.15) is 0 Å². The van der Waals surface area contributed by atoms with Gasteiger partial charge >= 0.3 is 0 Å². The zero-order chi connectivity index (χ0) is 14.3. The molecule has 20 heavy (non-hydrogen) atoms. The fraction of sp³-hybridized carbons (Fsp3) is 0.188. The summed E-state index contributed by atoms with van der Waals surface area (Å²) in [7, 11) is 0. The van der Waals surface area contributed by atoms with E-state index in [1.54, 1.807) is 17.0 Å². The first-order valence-corrected chi connectivity index (χ1v) is 7.22. The van der Waals surface area contributed by atoms with E-state index in [1.165, 1.54) is 12.1 Å². The Morgan fingerprint density at radius 1 is 1.30 bits per heavy atom. The van der Waals surface area contributed by atoms with Crippen molar-refractivity contribution in [2.45, 2.75) is 13.3 Å². The number of rotatable bonds is 1. The van der Waals surface area contributed by atoms with Crippen molar-refractivity contribution in [3.63, 3.8) is 0 Å². The maximum Gasteiger partial charge on any atom is 0.259 e. The van der Waals surface area contributed by atoms with Crippen LogP contribution in [0, 0.1) is 12.7 Å². The van der Waals surface area contributed by atoms with Crippen LogP contribution < -0.4 is 4.90 Å². The summed E-state index contributed by atoms with van der Waals surface area (Å²) in [5.41, 5.74) is 3.32. The van der Waals surface area contributed by atoms with Crippen LogP contribution in [-0.4, -0.2) is 12.5 Å². The lowest BCUT2D eigenvalue weighted by Crippen LogP contribution is -2.29. The molecule has 0 N–H and O–H groups in total. The van der Waals surface area contributed by atoms with Crippen molar-refractivity contribution in [1.82, 2.24) is 0 Å². The second-order valence-electron chi connectivity index (χ2n) is 4.92. The molecule has 0 saturated heterocycles. The van der Waals surface area contributed by atoms with Crippen LogP contribution >= 0.6 is 15.9 Å². The molecule has 4 heteroatoms. The van der Waals surface area contributed by atoms with Gasteiger partial charge in [-0.25, -0.2) is 4.39 Å². The van der Waals surface area contributed by atoms with Gasteiger partial charge in [0.1, 0.15) is 5.82 Å². The molecule has 1 amide bonds. The minimum Gasteiger partial charge on any atom is -0.308 e. The Balaban J connectivity index is 2.02. The third-order valence-electron chi connectivity index (χ3n) is 3.61.